The summed E-state index contributed by atoms with van der Waals surface area (Å²) in [4.78, 5) is 6.74. The molecule has 1 unspecified atom stereocenters. The predicted molar refractivity (Wildman–Crippen MR) is 127 cm³/mol. The highest BCUT2D eigenvalue weighted by Crippen LogP contribution is 2.37. The summed E-state index contributed by atoms with van der Waals surface area (Å²) in [5.41, 5.74) is 4.92. The average Bonchev–Trinajstić information content (AvgIpc) is 3.29. The van der Waals surface area contributed by atoms with Crippen molar-refractivity contribution in [2.45, 2.75) is 19.9 Å². The van der Waals surface area contributed by atoms with Crippen molar-refractivity contribution in [1.82, 2.24) is 20.4 Å². The summed E-state index contributed by atoms with van der Waals surface area (Å²) in [6.45, 7) is 5.25. The Morgan fingerprint density at radius 3 is 2.62 bits per heavy atom. The second-order valence-electron chi connectivity index (χ2n) is 7.59. The normalized spacial score (nSPS) is 16.3. The Hall–Kier alpha value is -3.23. The number of nitrogens with zero attached hydrogens (tertiary/aromatic N) is 3. The molecule has 8 heteroatoms. The van der Waals surface area contributed by atoms with Gasteiger partial charge in [-0.05, 0) is 43.8 Å². The van der Waals surface area contributed by atoms with Gasteiger partial charge in [0, 0.05) is 24.9 Å². The molecule has 0 fully saturated rings. The topological polar surface area (TPSA) is 72.7 Å². The molecule has 4 rings (SSSR count). The van der Waals surface area contributed by atoms with Crippen LogP contribution in [0.4, 0.5) is 0 Å². The summed E-state index contributed by atoms with van der Waals surface area (Å²) in [7, 11) is 3.31. The van der Waals surface area contributed by atoms with E-state index in [9.17, 15) is 0 Å². The average molecular weight is 451 g/mol. The van der Waals surface area contributed by atoms with Gasteiger partial charge in [-0.1, -0.05) is 47.1 Å². The minimum Gasteiger partial charge on any atom is -0.497 e. The Kier molecular flexibility index (Phi) is 6.53. The molecule has 0 spiro atoms. The van der Waals surface area contributed by atoms with Crippen LogP contribution in [0.2, 0.25) is 0 Å². The Morgan fingerprint density at radius 1 is 1.12 bits per heavy atom. The number of thiocarbonyl (C=S) groups is 1. The van der Waals surface area contributed by atoms with Crippen LogP contribution in [0.3, 0.4) is 0 Å². The van der Waals surface area contributed by atoms with Crippen molar-refractivity contribution in [3.8, 4) is 17.1 Å². The highest BCUT2D eigenvalue weighted by atomic mass is 32.1. The van der Waals surface area contributed by atoms with Gasteiger partial charge in [-0.2, -0.15) is 4.98 Å². The molecule has 0 aliphatic carbocycles. The number of ether oxygens (including phenoxy) is 2. The Bertz CT molecular complexity index is 1140. The number of methoxy groups -OCH3 is 2. The summed E-state index contributed by atoms with van der Waals surface area (Å²) >= 11 is 5.68. The quantitative estimate of drug-likeness (QED) is 0.532. The fraction of sp³-hybridized carbons (Fsp3) is 0.292. The van der Waals surface area contributed by atoms with E-state index in [0.717, 1.165) is 28.1 Å². The molecule has 1 aliphatic heterocycles. The van der Waals surface area contributed by atoms with E-state index in [1.54, 1.807) is 14.2 Å². The number of aromatic nitrogens is 2. The first-order valence-electron chi connectivity index (χ1n) is 10.3. The molecule has 2 aromatic carbocycles. The number of hydrogen-bond donors (Lipinski definition) is 1. The molecule has 3 aromatic rings. The van der Waals surface area contributed by atoms with E-state index in [-0.39, 0.29) is 6.04 Å². The molecule has 166 valence electrons. The third kappa shape index (κ3) is 4.37. The Labute approximate surface area is 193 Å². The largest absolute Gasteiger partial charge is 0.497 e. The third-order valence-corrected chi connectivity index (χ3v) is 5.85. The molecular formula is C24H26N4O3S. The Morgan fingerprint density at radius 2 is 1.91 bits per heavy atom. The molecule has 2 heterocycles. The van der Waals surface area contributed by atoms with E-state index in [1.807, 2.05) is 36.1 Å². The zero-order chi connectivity index (χ0) is 22.7. The zero-order valence-electron chi connectivity index (χ0n) is 18.6. The number of rotatable bonds is 7. The van der Waals surface area contributed by atoms with Crippen LogP contribution in [0.1, 0.15) is 30.0 Å². The minimum absolute atomic E-state index is 0.208. The highest BCUT2D eigenvalue weighted by Gasteiger charge is 2.33. The highest BCUT2D eigenvalue weighted by molar-refractivity contribution is 7.80. The lowest BCUT2D eigenvalue weighted by atomic mass is 9.94. The smallest absolute Gasteiger partial charge is 0.258 e. The van der Waals surface area contributed by atoms with E-state index >= 15 is 0 Å². The van der Waals surface area contributed by atoms with Crippen molar-refractivity contribution >= 4 is 22.9 Å². The first kappa shape index (κ1) is 22.0. The molecule has 1 aromatic heterocycles. The van der Waals surface area contributed by atoms with Crippen molar-refractivity contribution in [2.24, 2.45) is 0 Å². The molecule has 1 atom stereocenters. The summed E-state index contributed by atoms with van der Waals surface area (Å²) in [5, 5.41) is 8.33. The van der Waals surface area contributed by atoms with Crippen LogP contribution in [0.5, 0.6) is 5.75 Å². The van der Waals surface area contributed by atoms with Gasteiger partial charge in [-0.3, -0.25) is 0 Å². The molecule has 32 heavy (non-hydrogen) atoms. The number of benzene rings is 2. The predicted octanol–water partition coefficient (Wildman–Crippen LogP) is 4.36. The number of aryl methyl sites for hydroxylation is 1. The van der Waals surface area contributed by atoms with Gasteiger partial charge in [0.15, 0.2) is 5.11 Å². The summed E-state index contributed by atoms with van der Waals surface area (Å²) < 4.78 is 16.4. The molecule has 0 radical (unpaired) electrons. The lowest BCUT2D eigenvalue weighted by Gasteiger charge is -2.37. The monoisotopic (exact) mass is 450 g/mol. The Balaban J connectivity index is 1.79. The van der Waals surface area contributed by atoms with Crippen molar-refractivity contribution in [3.63, 3.8) is 0 Å². The molecule has 0 amide bonds. The van der Waals surface area contributed by atoms with Gasteiger partial charge < -0.3 is 24.2 Å². The maximum Gasteiger partial charge on any atom is 0.258 e. The van der Waals surface area contributed by atoms with Crippen LogP contribution in [0, 0.1) is 6.92 Å². The zero-order valence-corrected chi connectivity index (χ0v) is 19.4. The van der Waals surface area contributed by atoms with Crippen molar-refractivity contribution < 1.29 is 14.0 Å². The van der Waals surface area contributed by atoms with E-state index < -0.39 is 0 Å². The van der Waals surface area contributed by atoms with E-state index in [2.05, 4.69) is 41.7 Å². The van der Waals surface area contributed by atoms with Gasteiger partial charge in [0.1, 0.15) is 5.75 Å². The first-order valence-corrected chi connectivity index (χ1v) is 10.8. The first-order chi connectivity index (χ1) is 15.5. The van der Waals surface area contributed by atoms with Gasteiger partial charge in [-0.15, -0.1) is 0 Å². The van der Waals surface area contributed by atoms with Gasteiger partial charge in [0.2, 0.25) is 5.82 Å². The molecule has 1 N–H and O–H groups in total. The van der Waals surface area contributed by atoms with Crippen LogP contribution >= 0.6 is 12.2 Å². The maximum absolute atomic E-state index is 5.76. The molecule has 0 saturated heterocycles. The van der Waals surface area contributed by atoms with Gasteiger partial charge in [0.25, 0.3) is 5.89 Å². The molecule has 0 bridgehead atoms. The molecular weight excluding hydrogens is 424 g/mol. The fourth-order valence-electron chi connectivity index (χ4n) is 3.73. The van der Waals surface area contributed by atoms with Crippen molar-refractivity contribution in [3.05, 3.63) is 71.2 Å². The molecule has 7 nitrogen and oxygen atoms in total. The van der Waals surface area contributed by atoms with E-state index in [0.29, 0.717) is 30.0 Å². The van der Waals surface area contributed by atoms with Crippen molar-refractivity contribution in [2.75, 3.05) is 27.4 Å². The van der Waals surface area contributed by atoms with Crippen LogP contribution in [-0.2, 0) is 4.74 Å². The maximum atomic E-state index is 5.76. The number of hydrogen-bond acceptors (Lipinski definition) is 6. The SMILES string of the molecule is COCCN1C(=S)NC(c2ccc(C)cc2)C(c2nc(-c3cccc(OC)c3)no2)=C1C. The van der Waals surface area contributed by atoms with Crippen LogP contribution in [0.25, 0.3) is 17.0 Å². The van der Waals surface area contributed by atoms with Crippen LogP contribution in [-0.4, -0.2) is 47.5 Å². The standard InChI is InChI=1S/C24H26N4O3S/c1-15-8-10-17(11-9-15)21-20(16(2)28(12-13-29-3)24(32)25-21)23-26-22(27-31-23)18-6-5-7-19(14-18)30-4/h5-11,14,21H,12-13H2,1-4H3,(H,25,32). The number of nitrogens with one attached hydrogen (secondary N) is 1. The molecule has 0 saturated carbocycles. The summed E-state index contributed by atoms with van der Waals surface area (Å²) in [6.07, 6.45) is 0. The second-order valence-corrected chi connectivity index (χ2v) is 7.98. The van der Waals surface area contributed by atoms with Crippen molar-refractivity contribution in [1.29, 1.82) is 0 Å². The lowest BCUT2D eigenvalue weighted by molar-refractivity contribution is 0.183. The summed E-state index contributed by atoms with van der Waals surface area (Å²) in [6, 6.07) is 15.7. The van der Waals surface area contributed by atoms with Gasteiger partial charge >= 0.3 is 0 Å². The van der Waals surface area contributed by atoms with Gasteiger partial charge in [-0.25, -0.2) is 0 Å². The molecule has 1 aliphatic rings. The van der Waals surface area contributed by atoms with E-state index in [1.165, 1.54) is 5.56 Å². The van der Waals surface area contributed by atoms with E-state index in [4.69, 9.17) is 31.2 Å². The fourth-order valence-corrected chi connectivity index (χ4v) is 4.08. The van der Waals surface area contributed by atoms with Crippen LogP contribution in [0.15, 0.2) is 58.8 Å². The minimum atomic E-state index is -0.208. The second kappa shape index (κ2) is 9.50. The number of allylic oxidation sites excluding steroid dienone is 1. The third-order valence-electron chi connectivity index (χ3n) is 5.51. The van der Waals surface area contributed by atoms with Crippen LogP contribution < -0.4 is 10.1 Å². The summed E-state index contributed by atoms with van der Waals surface area (Å²) in [5.74, 6) is 1.68. The lowest BCUT2D eigenvalue weighted by Crippen LogP contribution is -2.47. The van der Waals surface area contributed by atoms with Gasteiger partial charge in [0.05, 0.1) is 25.3 Å².